The summed E-state index contributed by atoms with van der Waals surface area (Å²) in [5.74, 6) is 1.31. The van der Waals surface area contributed by atoms with Crippen LogP contribution < -0.4 is 24.8 Å². The second kappa shape index (κ2) is 8.22. The zero-order chi connectivity index (χ0) is 19.4. The third-order valence-electron chi connectivity index (χ3n) is 4.06. The first-order valence-electron chi connectivity index (χ1n) is 8.21. The van der Waals surface area contributed by atoms with E-state index in [1.807, 2.05) is 6.07 Å². The third-order valence-corrected chi connectivity index (χ3v) is 5.32. The summed E-state index contributed by atoms with van der Waals surface area (Å²) in [6.45, 7) is 0. The van der Waals surface area contributed by atoms with Gasteiger partial charge in [0, 0.05) is 17.4 Å². The van der Waals surface area contributed by atoms with Crippen LogP contribution in [0.5, 0.6) is 17.2 Å². The van der Waals surface area contributed by atoms with Gasteiger partial charge in [-0.15, -0.1) is 11.8 Å². The Hall–Kier alpha value is -2.87. The van der Waals surface area contributed by atoms with Crippen molar-refractivity contribution < 1.29 is 23.8 Å². The molecule has 0 saturated heterocycles. The average molecular weight is 388 g/mol. The Morgan fingerprint density at radius 1 is 1.07 bits per heavy atom. The van der Waals surface area contributed by atoms with Crippen LogP contribution in [0.4, 0.5) is 11.4 Å². The molecule has 0 saturated carbocycles. The fraction of sp³-hybridized carbons (Fsp3) is 0.263. The number of ether oxygens (including phenoxy) is 3. The molecule has 2 N–H and O–H groups in total. The minimum atomic E-state index is -0.541. The maximum Gasteiger partial charge on any atom is 0.238 e. The highest BCUT2D eigenvalue weighted by atomic mass is 32.2. The monoisotopic (exact) mass is 388 g/mol. The fourth-order valence-corrected chi connectivity index (χ4v) is 3.80. The molecule has 8 heteroatoms. The van der Waals surface area contributed by atoms with Crippen molar-refractivity contribution in [1.82, 2.24) is 0 Å². The minimum Gasteiger partial charge on any atom is -0.497 e. The third kappa shape index (κ3) is 4.28. The standard InChI is InChI=1S/C19H20N2O5S/c1-24-11-5-7-15(26-3)14(8-11)20-18(22)10-17-19(23)21-13-6-4-12(25-2)9-16(13)27-17/h4-9,17H,10H2,1-3H3,(H,20,22)(H,21,23)/t17-/m1/s1. The highest BCUT2D eigenvalue weighted by molar-refractivity contribution is 8.01. The van der Waals surface area contributed by atoms with Gasteiger partial charge >= 0.3 is 0 Å². The fourth-order valence-electron chi connectivity index (χ4n) is 2.67. The Bertz CT molecular complexity index is 871. The maximum atomic E-state index is 12.5. The van der Waals surface area contributed by atoms with Gasteiger partial charge in [0.1, 0.15) is 17.2 Å². The molecule has 0 bridgehead atoms. The second-order valence-electron chi connectivity index (χ2n) is 5.78. The molecular formula is C19H20N2O5S. The van der Waals surface area contributed by atoms with Gasteiger partial charge < -0.3 is 24.8 Å². The van der Waals surface area contributed by atoms with Crippen molar-refractivity contribution in [2.75, 3.05) is 32.0 Å². The van der Waals surface area contributed by atoms with Crippen LogP contribution in [0.15, 0.2) is 41.3 Å². The molecule has 0 aromatic heterocycles. The van der Waals surface area contributed by atoms with E-state index in [1.54, 1.807) is 44.6 Å². The van der Waals surface area contributed by atoms with Crippen molar-refractivity contribution in [3.05, 3.63) is 36.4 Å². The molecule has 0 unspecified atom stereocenters. The van der Waals surface area contributed by atoms with E-state index in [9.17, 15) is 9.59 Å². The first-order valence-corrected chi connectivity index (χ1v) is 9.09. The lowest BCUT2D eigenvalue weighted by Gasteiger charge is -2.24. The number of nitrogens with one attached hydrogen (secondary N) is 2. The van der Waals surface area contributed by atoms with Crippen molar-refractivity contribution in [2.24, 2.45) is 0 Å². The zero-order valence-electron chi connectivity index (χ0n) is 15.2. The van der Waals surface area contributed by atoms with Gasteiger partial charge in [-0.3, -0.25) is 9.59 Å². The van der Waals surface area contributed by atoms with E-state index in [2.05, 4.69) is 10.6 Å². The molecule has 2 amide bonds. The number of benzene rings is 2. The van der Waals surface area contributed by atoms with Gasteiger partial charge in [-0.2, -0.15) is 0 Å². The van der Waals surface area contributed by atoms with Gasteiger partial charge in [-0.1, -0.05) is 0 Å². The summed E-state index contributed by atoms with van der Waals surface area (Å²) in [4.78, 5) is 25.7. The van der Waals surface area contributed by atoms with Crippen LogP contribution in [0.25, 0.3) is 0 Å². The summed E-state index contributed by atoms with van der Waals surface area (Å²) < 4.78 is 15.7. The smallest absolute Gasteiger partial charge is 0.238 e. The highest BCUT2D eigenvalue weighted by Gasteiger charge is 2.29. The number of methoxy groups -OCH3 is 3. The largest absolute Gasteiger partial charge is 0.497 e. The number of thioether (sulfide) groups is 1. The molecule has 142 valence electrons. The number of hydrogen-bond donors (Lipinski definition) is 2. The summed E-state index contributed by atoms with van der Waals surface area (Å²) in [6.07, 6.45) is 0.0213. The topological polar surface area (TPSA) is 85.9 Å². The van der Waals surface area contributed by atoms with E-state index in [0.717, 1.165) is 10.6 Å². The molecule has 1 heterocycles. The minimum absolute atomic E-state index is 0.0213. The van der Waals surface area contributed by atoms with E-state index in [4.69, 9.17) is 14.2 Å². The highest BCUT2D eigenvalue weighted by Crippen LogP contribution is 2.39. The number of amides is 2. The van der Waals surface area contributed by atoms with Crippen molar-refractivity contribution in [2.45, 2.75) is 16.6 Å². The Balaban J connectivity index is 1.71. The van der Waals surface area contributed by atoms with Gasteiger partial charge in [0.2, 0.25) is 11.8 Å². The average Bonchev–Trinajstić information content (AvgIpc) is 2.68. The number of carbonyl (C=O) groups excluding carboxylic acids is 2. The van der Waals surface area contributed by atoms with Crippen LogP contribution in [0.2, 0.25) is 0 Å². The van der Waals surface area contributed by atoms with Gasteiger partial charge in [0.15, 0.2) is 0 Å². The van der Waals surface area contributed by atoms with Crippen molar-refractivity contribution >= 4 is 35.0 Å². The van der Waals surface area contributed by atoms with E-state index < -0.39 is 5.25 Å². The van der Waals surface area contributed by atoms with Crippen molar-refractivity contribution in [3.63, 3.8) is 0 Å². The van der Waals surface area contributed by atoms with Crippen LogP contribution in [-0.2, 0) is 9.59 Å². The van der Waals surface area contributed by atoms with Crippen LogP contribution in [-0.4, -0.2) is 38.4 Å². The summed E-state index contributed by atoms with van der Waals surface area (Å²) in [5.41, 5.74) is 1.21. The van der Waals surface area contributed by atoms with Gasteiger partial charge in [-0.05, 0) is 30.3 Å². The van der Waals surface area contributed by atoms with E-state index in [-0.39, 0.29) is 18.2 Å². The Morgan fingerprint density at radius 2 is 1.78 bits per heavy atom. The molecule has 0 aliphatic carbocycles. The van der Waals surface area contributed by atoms with Crippen molar-refractivity contribution in [1.29, 1.82) is 0 Å². The number of rotatable bonds is 6. The van der Waals surface area contributed by atoms with Crippen molar-refractivity contribution in [3.8, 4) is 17.2 Å². The molecule has 7 nitrogen and oxygen atoms in total. The molecule has 0 radical (unpaired) electrons. The molecule has 0 fully saturated rings. The molecule has 1 aliphatic heterocycles. The molecular weight excluding hydrogens is 368 g/mol. The summed E-state index contributed by atoms with van der Waals surface area (Å²) in [5, 5.41) is 5.08. The van der Waals surface area contributed by atoms with Gasteiger partial charge in [-0.25, -0.2) is 0 Å². The van der Waals surface area contributed by atoms with E-state index >= 15 is 0 Å². The number of carbonyl (C=O) groups is 2. The first-order chi connectivity index (χ1) is 13.0. The van der Waals surface area contributed by atoms with Gasteiger partial charge in [0.25, 0.3) is 0 Å². The van der Waals surface area contributed by atoms with Crippen LogP contribution >= 0.6 is 11.8 Å². The van der Waals surface area contributed by atoms with Crippen LogP contribution in [0.3, 0.4) is 0 Å². The summed E-state index contributed by atoms with van der Waals surface area (Å²) >= 11 is 1.34. The molecule has 2 aromatic rings. The molecule has 1 atom stereocenters. The van der Waals surface area contributed by atoms with Gasteiger partial charge in [0.05, 0.1) is 38.0 Å². The predicted molar refractivity (Wildman–Crippen MR) is 104 cm³/mol. The zero-order valence-corrected chi connectivity index (χ0v) is 16.0. The Morgan fingerprint density at radius 3 is 2.48 bits per heavy atom. The SMILES string of the molecule is COc1ccc(OC)c(NC(=O)C[C@H]2Sc3cc(OC)ccc3NC2=O)c1. The lowest BCUT2D eigenvalue weighted by atomic mass is 10.2. The molecule has 3 rings (SSSR count). The number of fused-ring (bicyclic) bond motifs is 1. The van der Waals surface area contributed by atoms with Crippen LogP contribution in [0.1, 0.15) is 6.42 Å². The van der Waals surface area contributed by atoms with E-state index in [1.165, 1.54) is 18.9 Å². The Labute approximate surface area is 161 Å². The molecule has 2 aromatic carbocycles. The lowest BCUT2D eigenvalue weighted by molar-refractivity contribution is -0.120. The lowest BCUT2D eigenvalue weighted by Crippen LogP contribution is -2.32. The summed E-state index contributed by atoms with van der Waals surface area (Å²) in [6, 6.07) is 10.5. The second-order valence-corrected chi connectivity index (χ2v) is 7.02. The maximum absolute atomic E-state index is 12.5. The molecule has 1 aliphatic rings. The normalized spacial score (nSPS) is 15.4. The first kappa shape index (κ1) is 18.9. The number of anilines is 2. The quantitative estimate of drug-likeness (QED) is 0.791. The van der Waals surface area contributed by atoms with E-state index in [0.29, 0.717) is 22.9 Å². The van der Waals surface area contributed by atoms with Crippen LogP contribution in [0, 0.1) is 0 Å². The molecule has 0 spiro atoms. The predicted octanol–water partition coefficient (Wildman–Crippen LogP) is 3.15. The Kier molecular flexibility index (Phi) is 5.75. The number of hydrogen-bond acceptors (Lipinski definition) is 6. The molecule has 27 heavy (non-hydrogen) atoms. The summed E-state index contributed by atoms with van der Waals surface area (Å²) in [7, 11) is 4.65.